The lowest BCUT2D eigenvalue weighted by molar-refractivity contribution is -0.131. The summed E-state index contributed by atoms with van der Waals surface area (Å²) in [4.78, 5) is 19.1. The second-order valence-corrected chi connectivity index (χ2v) is 7.79. The summed E-state index contributed by atoms with van der Waals surface area (Å²) in [5.41, 5.74) is 3.24. The van der Waals surface area contributed by atoms with E-state index in [0.29, 0.717) is 6.61 Å². The van der Waals surface area contributed by atoms with Gasteiger partial charge in [0, 0.05) is 19.3 Å². The molecule has 0 unspecified atom stereocenters. The third-order valence-electron chi connectivity index (χ3n) is 5.84. The normalized spacial score (nSPS) is 24.4. The zero-order valence-corrected chi connectivity index (χ0v) is 16.6. The second kappa shape index (κ2) is 7.17. The average Bonchev–Trinajstić information content (AvgIpc) is 3.23. The first kappa shape index (κ1) is 18.9. The Morgan fingerprint density at radius 2 is 2.11 bits per heavy atom. The third kappa shape index (κ3) is 3.26. The van der Waals surface area contributed by atoms with Gasteiger partial charge in [0.2, 0.25) is 5.91 Å². The maximum absolute atomic E-state index is 13.9. The number of benzene rings is 1. The van der Waals surface area contributed by atoms with Crippen LogP contribution in [-0.4, -0.2) is 41.5 Å². The van der Waals surface area contributed by atoms with Crippen LogP contribution in [0.2, 0.25) is 0 Å². The summed E-state index contributed by atoms with van der Waals surface area (Å²) in [5.74, 6) is 0.0798. The van der Waals surface area contributed by atoms with Crippen molar-refractivity contribution in [2.24, 2.45) is 0 Å². The Labute approximate surface area is 164 Å². The smallest absolute Gasteiger partial charge is 0.242 e. The van der Waals surface area contributed by atoms with Crippen LogP contribution in [0.5, 0.6) is 5.75 Å². The molecule has 1 aromatic carbocycles. The van der Waals surface area contributed by atoms with E-state index in [1.165, 1.54) is 6.07 Å². The summed E-state index contributed by atoms with van der Waals surface area (Å²) in [6, 6.07) is 9.00. The fourth-order valence-corrected chi connectivity index (χ4v) is 4.38. The van der Waals surface area contributed by atoms with Gasteiger partial charge in [-0.3, -0.25) is 15.1 Å². The molecule has 2 aromatic rings. The van der Waals surface area contributed by atoms with E-state index in [2.05, 4.69) is 5.32 Å². The number of hydrogen-bond acceptors (Lipinski definition) is 4. The lowest BCUT2D eigenvalue weighted by Gasteiger charge is -2.23. The van der Waals surface area contributed by atoms with Crippen molar-refractivity contribution in [2.75, 3.05) is 20.2 Å². The summed E-state index contributed by atoms with van der Waals surface area (Å²) in [6.45, 7) is 5.00. The van der Waals surface area contributed by atoms with Crippen LogP contribution < -0.4 is 10.1 Å². The van der Waals surface area contributed by atoms with Gasteiger partial charge < -0.3 is 9.64 Å². The highest BCUT2D eigenvalue weighted by molar-refractivity contribution is 5.88. The Balaban J connectivity index is 1.64. The molecule has 2 fully saturated rings. The molecule has 0 radical (unpaired) electrons. The Bertz CT molecular complexity index is 917. The van der Waals surface area contributed by atoms with Crippen LogP contribution in [0.15, 0.2) is 30.3 Å². The van der Waals surface area contributed by atoms with Crippen molar-refractivity contribution < 1.29 is 13.9 Å². The van der Waals surface area contributed by atoms with Crippen LogP contribution in [0.1, 0.15) is 43.6 Å². The highest BCUT2D eigenvalue weighted by Crippen LogP contribution is 2.39. The first-order valence-corrected chi connectivity index (χ1v) is 9.86. The summed E-state index contributed by atoms with van der Waals surface area (Å²) < 4.78 is 19.3. The number of hydrogen-bond donors (Lipinski definition) is 1. The summed E-state index contributed by atoms with van der Waals surface area (Å²) in [5, 5.41) is 3.57. The Hall–Kier alpha value is -2.47. The number of carbonyl (C=O) groups excluding carboxylic acids is 1. The second-order valence-electron chi connectivity index (χ2n) is 7.79. The molecule has 28 heavy (non-hydrogen) atoms. The molecule has 2 aliphatic heterocycles. The molecule has 1 spiro atoms. The summed E-state index contributed by atoms with van der Waals surface area (Å²) >= 11 is 0. The standard InChI is InChI=1S/C22H26FN3O2/c1-4-28-20-13-15(5-6-17(20)23)16-11-14(2)24-19(12-16)18-7-8-22(25-18)9-10-26(3)21(22)27/h5-6,11-13,18,25H,4,7-10H2,1-3H3/t18-,22+/m1/s1. The number of nitrogens with zero attached hydrogens (tertiary/aromatic N) is 2. The lowest BCUT2D eigenvalue weighted by atomic mass is 9.96. The zero-order valence-electron chi connectivity index (χ0n) is 16.6. The zero-order chi connectivity index (χ0) is 19.9. The Morgan fingerprint density at radius 3 is 2.82 bits per heavy atom. The van der Waals surface area contributed by atoms with Gasteiger partial charge in [0.15, 0.2) is 11.6 Å². The lowest BCUT2D eigenvalue weighted by Crippen LogP contribution is -2.47. The van der Waals surface area contributed by atoms with E-state index in [-0.39, 0.29) is 23.5 Å². The van der Waals surface area contributed by atoms with Crippen LogP contribution in [0.3, 0.4) is 0 Å². The average molecular weight is 383 g/mol. The number of rotatable bonds is 4. The van der Waals surface area contributed by atoms with Crippen LogP contribution >= 0.6 is 0 Å². The molecule has 0 saturated carbocycles. The minimum absolute atomic E-state index is 0.0425. The summed E-state index contributed by atoms with van der Waals surface area (Å²) in [6.07, 6.45) is 2.55. The minimum atomic E-state index is -0.441. The van der Waals surface area contributed by atoms with Crippen molar-refractivity contribution in [3.63, 3.8) is 0 Å². The quantitative estimate of drug-likeness (QED) is 0.876. The van der Waals surface area contributed by atoms with Gasteiger partial charge in [0.25, 0.3) is 0 Å². The Kier molecular flexibility index (Phi) is 4.83. The maximum atomic E-state index is 13.9. The number of amides is 1. The topological polar surface area (TPSA) is 54.5 Å². The van der Waals surface area contributed by atoms with Gasteiger partial charge in [-0.2, -0.15) is 0 Å². The number of ether oxygens (including phenoxy) is 1. The molecule has 148 valence electrons. The molecule has 6 heteroatoms. The molecule has 2 atom stereocenters. The van der Waals surface area contributed by atoms with E-state index >= 15 is 0 Å². The van der Waals surface area contributed by atoms with E-state index in [4.69, 9.17) is 9.72 Å². The molecular weight excluding hydrogens is 357 g/mol. The van der Waals surface area contributed by atoms with Crippen LogP contribution in [0.4, 0.5) is 4.39 Å². The van der Waals surface area contributed by atoms with E-state index in [9.17, 15) is 9.18 Å². The van der Waals surface area contributed by atoms with Crippen LogP contribution in [-0.2, 0) is 4.79 Å². The Morgan fingerprint density at radius 1 is 1.29 bits per heavy atom. The number of nitrogens with one attached hydrogen (secondary N) is 1. The van der Waals surface area contributed by atoms with Crippen molar-refractivity contribution >= 4 is 5.91 Å². The van der Waals surface area contributed by atoms with Gasteiger partial charge in [-0.15, -0.1) is 0 Å². The SMILES string of the molecule is CCOc1cc(-c2cc(C)nc([C@H]3CC[C@@]4(CCN(C)C4=O)N3)c2)ccc1F. The van der Waals surface area contributed by atoms with E-state index in [0.717, 1.165) is 48.3 Å². The molecule has 1 N–H and O–H groups in total. The van der Waals surface area contributed by atoms with Crippen LogP contribution in [0, 0.1) is 12.7 Å². The fourth-order valence-electron chi connectivity index (χ4n) is 4.38. The number of likely N-dealkylation sites (tertiary alicyclic amines) is 1. The monoisotopic (exact) mass is 383 g/mol. The van der Waals surface area contributed by atoms with Crippen molar-refractivity contribution in [3.8, 4) is 16.9 Å². The van der Waals surface area contributed by atoms with Gasteiger partial charge in [-0.1, -0.05) is 6.07 Å². The van der Waals surface area contributed by atoms with E-state index in [1.807, 2.05) is 33.0 Å². The molecule has 0 bridgehead atoms. The third-order valence-corrected chi connectivity index (χ3v) is 5.84. The van der Waals surface area contributed by atoms with E-state index < -0.39 is 5.54 Å². The highest BCUT2D eigenvalue weighted by atomic mass is 19.1. The minimum Gasteiger partial charge on any atom is -0.491 e. The molecular formula is C22H26FN3O2. The predicted octanol–water partition coefficient (Wildman–Crippen LogP) is 3.62. The summed E-state index contributed by atoms with van der Waals surface area (Å²) in [7, 11) is 1.86. The number of aryl methyl sites for hydroxylation is 1. The van der Waals surface area contributed by atoms with Gasteiger partial charge in [-0.25, -0.2) is 4.39 Å². The largest absolute Gasteiger partial charge is 0.491 e. The van der Waals surface area contributed by atoms with Gasteiger partial charge in [-0.05, 0) is 68.5 Å². The number of halogens is 1. The molecule has 1 aromatic heterocycles. The number of likely N-dealkylation sites (N-methyl/N-ethyl adjacent to an activating group) is 1. The number of carbonyl (C=O) groups is 1. The predicted molar refractivity (Wildman–Crippen MR) is 106 cm³/mol. The first-order chi connectivity index (χ1) is 13.4. The highest BCUT2D eigenvalue weighted by Gasteiger charge is 2.50. The molecule has 2 saturated heterocycles. The van der Waals surface area contributed by atoms with Gasteiger partial charge in [0.1, 0.15) is 5.54 Å². The fraction of sp³-hybridized carbons (Fsp3) is 0.455. The van der Waals surface area contributed by atoms with Crippen LogP contribution in [0.25, 0.3) is 11.1 Å². The molecule has 2 aliphatic rings. The van der Waals surface area contributed by atoms with Gasteiger partial charge >= 0.3 is 0 Å². The first-order valence-electron chi connectivity index (χ1n) is 9.86. The van der Waals surface area contributed by atoms with Crippen molar-refractivity contribution in [1.29, 1.82) is 0 Å². The molecule has 4 rings (SSSR count). The van der Waals surface area contributed by atoms with Gasteiger partial charge in [0.05, 0.1) is 18.3 Å². The molecule has 0 aliphatic carbocycles. The van der Waals surface area contributed by atoms with Crippen molar-refractivity contribution in [3.05, 3.63) is 47.5 Å². The maximum Gasteiger partial charge on any atom is 0.242 e. The van der Waals surface area contributed by atoms with Crippen molar-refractivity contribution in [2.45, 2.75) is 44.7 Å². The molecule has 1 amide bonds. The van der Waals surface area contributed by atoms with Crippen molar-refractivity contribution in [1.82, 2.24) is 15.2 Å². The number of pyridine rings is 1. The molecule has 5 nitrogen and oxygen atoms in total. The number of aromatic nitrogens is 1. The molecule has 3 heterocycles. The van der Waals surface area contributed by atoms with E-state index in [1.54, 1.807) is 17.0 Å².